The lowest BCUT2D eigenvalue weighted by Crippen LogP contribution is -1.98. The van der Waals surface area contributed by atoms with Gasteiger partial charge in [0, 0.05) is 0 Å². The van der Waals surface area contributed by atoms with Gasteiger partial charge in [0.25, 0.3) is 0 Å². The molecule has 1 nitrogen and oxygen atoms in total. The highest BCUT2D eigenvalue weighted by Gasteiger charge is 1.95. The van der Waals surface area contributed by atoms with E-state index in [0.29, 0.717) is 6.42 Å². The lowest BCUT2D eigenvalue weighted by atomic mass is 10.1. The van der Waals surface area contributed by atoms with Gasteiger partial charge in [-0.05, 0) is 17.5 Å². The van der Waals surface area contributed by atoms with E-state index in [9.17, 15) is 5.11 Å². The van der Waals surface area contributed by atoms with Crippen molar-refractivity contribution in [1.29, 1.82) is 0 Å². The Kier molecular flexibility index (Phi) is 5.15. The number of aliphatic hydroxyl groups excluding tert-OH is 1. The second-order valence-corrected chi connectivity index (χ2v) is 4.39. The fraction of sp³-hybridized carbons (Fsp3) is 0.111. The molecule has 2 aromatic carbocycles. The van der Waals surface area contributed by atoms with Crippen LogP contribution in [0.1, 0.15) is 17.5 Å². The maximum absolute atomic E-state index is 9.85. The number of benzene rings is 2. The highest BCUT2D eigenvalue weighted by molar-refractivity contribution is 5.50. The molecule has 0 aliphatic rings. The van der Waals surface area contributed by atoms with Gasteiger partial charge in [-0.25, -0.2) is 0 Å². The Morgan fingerprint density at radius 3 is 1.89 bits per heavy atom. The van der Waals surface area contributed by atoms with Gasteiger partial charge in [0.05, 0.1) is 6.10 Å². The molecule has 1 N–H and O–H groups in total. The van der Waals surface area contributed by atoms with Crippen molar-refractivity contribution in [3.05, 3.63) is 83.9 Å². The molecule has 1 atom stereocenters. The molecule has 0 saturated carbocycles. The van der Waals surface area contributed by atoms with E-state index < -0.39 is 6.10 Å². The third-order valence-corrected chi connectivity index (χ3v) is 2.80. The maximum atomic E-state index is 9.85. The second-order valence-electron chi connectivity index (χ2n) is 4.39. The van der Waals surface area contributed by atoms with Crippen LogP contribution >= 0.6 is 0 Å². The van der Waals surface area contributed by atoms with Crippen LogP contribution in [-0.4, -0.2) is 11.2 Å². The molecule has 0 spiro atoms. The molecule has 0 bridgehead atoms. The number of rotatable bonds is 5. The smallest absolute Gasteiger partial charge is 0.0758 e. The van der Waals surface area contributed by atoms with Crippen LogP contribution in [0, 0.1) is 0 Å². The minimum absolute atomic E-state index is 0.444. The second kappa shape index (κ2) is 7.34. The van der Waals surface area contributed by atoms with Crippen LogP contribution in [0.5, 0.6) is 0 Å². The molecule has 1 heteroatoms. The lowest BCUT2D eigenvalue weighted by molar-refractivity contribution is 0.228. The number of hydrogen-bond donors (Lipinski definition) is 1. The summed E-state index contributed by atoms with van der Waals surface area (Å²) in [6, 6.07) is 20.1. The van der Waals surface area contributed by atoms with E-state index in [0.717, 1.165) is 11.1 Å². The standard InChI is InChI=1S/C18H18O/c19-18(15-14-17-10-5-2-6-11-17)13-7-12-16-8-3-1-4-9-16/h1-12,14-15,18-19H,13H2/b12-7+,15-14+/t18-/m0/s1. The van der Waals surface area contributed by atoms with Crippen molar-refractivity contribution in [2.45, 2.75) is 12.5 Å². The van der Waals surface area contributed by atoms with Crippen molar-refractivity contribution in [2.75, 3.05) is 0 Å². The summed E-state index contributed by atoms with van der Waals surface area (Å²) in [6.07, 6.45) is 7.97. The molecule has 2 aromatic rings. The molecule has 0 fully saturated rings. The van der Waals surface area contributed by atoms with Crippen molar-refractivity contribution >= 4 is 12.2 Å². The van der Waals surface area contributed by atoms with Crippen molar-refractivity contribution < 1.29 is 5.11 Å². The van der Waals surface area contributed by atoms with E-state index in [-0.39, 0.29) is 0 Å². The molecular weight excluding hydrogens is 232 g/mol. The van der Waals surface area contributed by atoms with Crippen LogP contribution in [0.4, 0.5) is 0 Å². The van der Waals surface area contributed by atoms with Gasteiger partial charge in [0.1, 0.15) is 0 Å². The molecule has 0 amide bonds. The van der Waals surface area contributed by atoms with Crippen molar-refractivity contribution in [3.8, 4) is 0 Å². The predicted octanol–water partition coefficient (Wildman–Crippen LogP) is 4.16. The number of aliphatic hydroxyl groups is 1. The Morgan fingerprint density at radius 2 is 1.32 bits per heavy atom. The van der Waals surface area contributed by atoms with E-state index in [1.54, 1.807) is 0 Å². The van der Waals surface area contributed by atoms with E-state index in [1.807, 2.05) is 85.0 Å². The first kappa shape index (κ1) is 13.3. The molecule has 19 heavy (non-hydrogen) atoms. The van der Waals surface area contributed by atoms with Crippen molar-refractivity contribution in [2.24, 2.45) is 0 Å². The van der Waals surface area contributed by atoms with Gasteiger partial charge in [0.15, 0.2) is 0 Å². The topological polar surface area (TPSA) is 20.2 Å². The Hall–Kier alpha value is -2.12. The van der Waals surface area contributed by atoms with E-state index in [4.69, 9.17) is 0 Å². The third-order valence-electron chi connectivity index (χ3n) is 2.80. The average molecular weight is 250 g/mol. The average Bonchev–Trinajstić information content (AvgIpc) is 2.47. The van der Waals surface area contributed by atoms with E-state index in [2.05, 4.69) is 0 Å². The normalized spacial score (nSPS) is 13.1. The first-order valence-corrected chi connectivity index (χ1v) is 6.47. The summed E-state index contributed by atoms with van der Waals surface area (Å²) in [5.41, 5.74) is 2.26. The van der Waals surface area contributed by atoms with Gasteiger partial charge < -0.3 is 5.11 Å². The van der Waals surface area contributed by atoms with Gasteiger partial charge in [-0.15, -0.1) is 0 Å². The minimum Gasteiger partial charge on any atom is -0.389 e. The molecule has 2 rings (SSSR count). The largest absolute Gasteiger partial charge is 0.389 e. The quantitative estimate of drug-likeness (QED) is 0.844. The Morgan fingerprint density at radius 1 is 0.789 bits per heavy atom. The molecular formula is C18H18O. The van der Waals surface area contributed by atoms with Crippen LogP contribution < -0.4 is 0 Å². The zero-order chi connectivity index (χ0) is 13.3. The van der Waals surface area contributed by atoms with Crippen LogP contribution in [0.15, 0.2) is 72.8 Å². The molecule has 0 aliphatic heterocycles. The Bertz CT molecular complexity index is 526. The van der Waals surface area contributed by atoms with E-state index >= 15 is 0 Å². The van der Waals surface area contributed by atoms with Crippen LogP contribution in [0.25, 0.3) is 12.2 Å². The monoisotopic (exact) mass is 250 g/mol. The highest BCUT2D eigenvalue weighted by atomic mass is 16.3. The number of hydrogen-bond acceptors (Lipinski definition) is 1. The van der Waals surface area contributed by atoms with Crippen LogP contribution in [0.2, 0.25) is 0 Å². The molecule has 0 saturated heterocycles. The summed E-state index contributed by atoms with van der Waals surface area (Å²) in [7, 11) is 0. The van der Waals surface area contributed by atoms with Gasteiger partial charge in [0.2, 0.25) is 0 Å². The van der Waals surface area contributed by atoms with Gasteiger partial charge in [-0.2, -0.15) is 0 Å². The third kappa shape index (κ3) is 4.94. The van der Waals surface area contributed by atoms with Crippen LogP contribution in [-0.2, 0) is 0 Å². The lowest BCUT2D eigenvalue weighted by Gasteiger charge is -2.00. The summed E-state index contributed by atoms with van der Waals surface area (Å²) in [4.78, 5) is 0. The SMILES string of the molecule is O[C@H](/C=C/c1ccccc1)C/C=C/c1ccccc1. The Labute approximate surface area is 114 Å². The van der Waals surface area contributed by atoms with Gasteiger partial charge in [-0.3, -0.25) is 0 Å². The van der Waals surface area contributed by atoms with Crippen molar-refractivity contribution in [1.82, 2.24) is 0 Å². The summed E-state index contributed by atoms with van der Waals surface area (Å²) >= 11 is 0. The minimum atomic E-state index is -0.444. The van der Waals surface area contributed by atoms with Gasteiger partial charge in [-0.1, -0.05) is 85.0 Å². The molecule has 96 valence electrons. The zero-order valence-electron chi connectivity index (χ0n) is 10.8. The van der Waals surface area contributed by atoms with E-state index in [1.165, 1.54) is 0 Å². The van der Waals surface area contributed by atoms with Crippen molar-refractivity contribution in [3.63, 3.8) is 0 Å². The molecule has 0 unspecified atom stereocenters. The maximum Gasteiger partial charge on any atom is 0.0758 e. The fourth-order valence-corrected chi connectivity index (χ4v) is 1.77. The summed E-state index contributed by atoms with van der Waals surface area (Å²) in [6.45, 7) is 0. The first-order chi connectivity index (χ1) is 9.34. The molecule has 0 aliphatic carbocycles. The zero-order valence-corrected chi connectivity index (χ0v) is 10.8. The summed E-state index contributed by atoms with van der Waals surface area (Å²) < 4.78 is 0. The van der Waals surface area contributed by atoms with Gasteiger partial charge >= 0.3 is 0 Å². The van der Waals surface area contributed by atoms with Crippen LogP contribution in [0.3, 0.4) is 0 Å². The highest BCUT2D eigenvalue weighted by Crippen LogP contribution is 2.06. The molecule has 0 aromatic heterocycles. The summed E-state index contributed by atoms with van der Waals surface area (Å²) in [5.74, 6) is 0. The Balaban J connectivity index is 1.83. The summed E-state index contributed by atoms with van der Waals surface area (Å²) in [5, 5.41) is 9.85. The molecule has 0 radical (unpaired) electrons. The molecule has 0 heterocycles. The first-order valence-electron chi connectivity index (χ1n) is 6.47. The fourth-order valence-electron chi connectivity index (χ4n) is 1.77. The predicted molar refractivity (Wildman–Crippen MR) is 81.6 cm³/mol.